The third-order valence-electron chi connectivity index (χ3n) is 6.05. The van der Waals surface area contributed by atoms with Gasteiger partial charge < -0.3 is 5.32 Å². The van der Waals surface area contributed by atoms with Crippen molar-refractivity contribution < 1.29 is 9.18 Å². The fourth-order valence-electron chi connectivity index (χ4n) is 4.33. The molecule has 2 aromatic carbocycles. The fraction of sp³-hybridized carbons (Fsp3) is 0.423. The monoisotopic (exact) mass is 481 g/mol. The number of rotatable bonds is 10. The van der Waals surface area contributed by atoms with Crippen LogP contribution in [-0.4, -0.2) is 44.4 Å². The quantitative estimate of drug-likeness (QED) is 0.406. The lowest BCUT2D eigenvalue weighted by Crippen LogP contribution is -2.30. The lowest BCUT2D eigenvalue weighted by atomic mass is 10.0. The highest BCUT2D eigenvalue weighted by Crippen LogP contribution is 2.25. The maximum absolute atomic E-state index is 13.6. The summed E-state index contributed by atoms with van der Waals surface area (Å²) in [7, 11) is 0. The summed E-state index contributed by atoms with van der Waals surface area (Å²) in [6.45, 7) is 4.88. The Bertz CT molecular complexity index is 1050. The van der Waals surface area contributed by atoms with Crippen molar-refractivity contribution in [2.24, 2.45) is 0 Å². The highest BCUT2D eigenvalue weighted by Gasteiger charge is 2.20. The number of hydrogen-bond donors (Lipinski definition) is 1. The average Bonchev–Trinajstić information content (AvgIpc) is 3.26. The third kappa shape index (κ3) is 6.45. The number of thioether (sulfide) groups is 1. The summed E-state index contributed by atoms with van der Waals surface area (Å²) in [5, 5.41) is 12.7. The first-order valence-corrected chi connectivity index (χ1v) is 13.0. The van der Waals surface area contributed by atoms with Crippen molar-refractivity contribution >= 4 is 17.7 Å². The zero-order valence-electron chi connectivity index (χ0n) is 19.6. The summed E-state index contributed by atoms with van der Waals surface area (Å²) < 4.78 is 15.5. The Kier molecular flexibility index (Phi) is 8.71. The number of carbonyl (C=O) groups excluding carboxylic acids is 1. The molecule has 1 N–H and O–H groups in total. The first-order valence-electron chi connectivity index (χ1n) is 12.0. The molecule has 6 nitrogen and oxygen atoms in total. The maximum atomic E-state index is 13.6. The lowest BCUT2D eigenvalue weighted by Gasteiger charge is -2.26. The van der Waals surface area contributed by atoms with Gasteiger partial charge in [0, 0.05) is 5.69 Å². The van der Waals surface area contributed by atoms with Crippen molar-refractivity contribution in [2.45, 2.75) is 56.8 Å². The van der Waals surface area contributed by atoms with E-state index in [9.17, 15) is 9.18 Å². The van der Waals surface area contributed by atoms with Crippen LogP contribution in [0.25, 0.3) is 5.69 Å². The molecule has 1 aliphatic heterocycles. The molecule has 180 valence electrons. The highest BCUT2D eigenvalue weighted by molar-refractivity contribution is 7.99. The maximum Gasteiger partial charge on any atom is 0.230 e. The van der Waals surface area contributed by atoms with Crippen molar-refractivity contribution in [2.75, 3.05) is 18.8 Å². The van der Waals surface area contributed by atoms with Gasteiger partial charge in [-0.1, -0.05) is 61.9 Å². The van der Waals surface area contributed by atoms with E-state index in [1.807, 2.05) is 34.9 Å². The molecule has 1 atom stereocenters. The predicted molar refractivity (Wildman–Crippen MR) is 133 cm³/mol. The summed E-state index contributed by atoms with van der Waals surface area (Å²) in [4.78, 5) is 15.2. The molecular weight excluding hydrogens is 449 g/mol. The van der Waals surface area contributed by atoms with E-state index in [-0.39, 0.29) is 23.5 Å². The minimum Gasteiger partial charge on any atom is -0.349 e. The van der Waals surface area contributed by atoms with Crippen LogP contribution in [0, 0.1) is 5.82 Å². The Morgan fingerprint density at radius 2 is 1.79 bits per heavy atom. The largest absolute Gasteiger partial charge is 0.349 e. The number of hydrogen-bond acceptors (Lipinski definition) is 5. The molecule has 1 amide bonds. The fourth-order valence-corrected chi connectivity index (χ4v) is 5.11. The molecule has 0 saturated carbocycles. The normalized spacial score (nSPS) is 15.2. The van der Waals surface area contributed by atoms with Gasteiger partial charge in [0.25, 0.3) is 0 Å². The molecule has 1 aromatic heterocycles. The van der Waals surface area contributed by atoms with Gasteiger partial charge in [-0.2, -0.15) is 0 Å². The first kappa shape index (κ1) is 24.4. The molecular formula is C26H32FN5OS. The van der Waals surface area contributed by atoms with Crippen LogP contribution < -0.4 is 5.32 Å². The van der Waals surface area contributed by atoms with Crippen molar-refractivity contribution in [3.8, 4) is 5.69 Å². The molecule has 34 heavy (non-hydrogen) atoms. The second-order valence-electron chi connectivity index (χ2n) is 8.66. The predicted octanol–water partition coefficient (Wildman–Crippen LogP) is 5.14. The van der Waals surface area contributed by atoms with Gasteiger partial charge in [0.15, 0.2) is 11.0 Å². The van der Waals surface area contributed by atoms with E-state index in [2.05, 4.69) is 27.3 Å². The van der Waals surface area contributed by atoms with Crippen molar-refractivity contribution in [1.82, 2.24) is 25.0 Å². The minimum absolute atomic E-state index is 0.0102. The number of nitrogens with one attached hydrogen (secondary N) is 1. The molecule has 0 spiro atoms. The second-order valence-corrected chi connectivity index (χ2v) is 9.60. The van der Waals surface area contributed by atoms with Crippen LogP contribution in [0.3, 0.4) is 0 Å². The molecule has 1 unspecified atom stereocenters. The zero-order chi connectivity index (χ0) is 23.8. The van der Waals surface area contributed by atoms with E-state index in [0.717, 1.165) is 43.0 Å². The average molecular weight is 482 g/mol. The number of halogens is 1. The summed E-state index contributed by atoms with van der Waals surface area (Å²) in [5.41, 5.74) is 1.91. The molecule has 1 fully saturated rings. The molecule has 0 aliphatic carbocycles. The lowest BCUT2D eigenvalue weighted by molar-refractivity contribution is -0.119. The van der Waals surface area contributed by atoms with E-state index in [1.165, 1.54) is 43.2 Å². The Morgan fingerprint density at radius 1 is 1.06 bits per heavy atom. The van der Waals surface area contributed by atoms with Crippen LogP contribution in [0.4, 0.5) is 4.39 Å². The number of carbonyl (C=O) groups is 1. The van der Waals surface area contributed by atoms with Gasteiger partial charge in [0.2, 0.25) is 5.91 Å². The number of piperidine rings is 1. The van der Waals surface area contributed by atoms with Crippen LogP contribution >= 0.6 is 11.8 Å². The van der Waals surface area contributed by atoms with Gasteiger partial charge in [0.1, 0.15) is 5.82 Å². The molecule has 3 aromatic rings. The number of benzene rings is 2. The third-order valence-corrected chi connectivity index (χ3v) is 6.97. The SMILES string of the molecule is CCCC(NC(=O)CSc1nnc(CN2CCCCC2)n1-c1ccc(F)cc1)c1ccccc1. The van der Waals surface area contributed by atoms with Crippen LogP contribution in [0.5, 0.6) is 0 Å². The van der Waals surface area contributed by atoms with E-state index in [4.69, 9.17) is 0 Å². The Hall–Kier alpha value is -2.71. The van der Waals surface area contributed by atoms with Gasteiger partial charge in [-0.25, -0.2) is 4.39 Å². The van der Waals surface area contributed by atoms with E-state index in [1.54, 1.807) is 12.1 Å². The van der Waals surface area contributed by atoms with Crippen LogP contribution in [0.1, 0.15) is 56.5 Å². The van der Waals surface area contributed by atoms with E-state index in [0.29, 0.717) is 11.7 Å². The summed E-state index contributed by atoms with van der Waals surface area (Å²) >= 11 is 1.36. The van der Waals surface area contributed by atoms with Crippen molar-refractivity contribution in [3.63, 3.8) is 0 Å². The van der Waals surface area contributed by atoms with E-state index < -0.39 is 0 Å². The smallest absolute Gasteiger partial charge is 0.230 e. The molecule has 4 rings (SSSR count). The minimum atomic E-state index is -0.286. The molecule has 0 radical (unpaired) electrons. The van der Waals surface area contributed by atoms with Gasteiger partial charge in [-0.05, 0) is 62.2 Å². The number of aromatic nitrogens is 3. The van der Waals surface area contributed by atoms with Gasteiger partial charge in [0.05, 0.1) is 18.3 Å². The topological polar surface area (TPSA) is 63.1 Å². The van der Waals surface area contributed by atoms with Crippen LogP contribution in [-0.2, 0) is 11.3 Å². The van der Waals surface area contributed by atoms with Gasteiger partial charge >= 0.3 is 0 Å². The molecule has 0 bridgehead atoms. The van der Waals surface area contributed by atoms with Crippen molar-refractivity contribution in [3.05, 3.63) is 71.8 Å². The van der Waals surface area contributed by atoms with Crippen molar-refractivity contribution in [1.29, 1.82) is 0 Å². The summed E-state index contributed by atoms with van der Waals surface area (Å²) in [5.74, 6) is 0.713. The Balaban J connectivity index is 1.48. The Labute approximate surface area is 205 Å². The van der Waals surface area contributed by atoms with Crippen LogP contribution in [0.2, 0.25) is 0 Å². The number of likely N-dealkylation sites (tertiary alicyclic amines) is 1. The standard InChI is InChI=1S/C26H32FN5OS/c1-2-9-23(20-10-5-3-6-11-20)28-25(33)19-34-26-30-29-24(18-31-16-7-4-8-17-31)32(26)22-14-12-21(27)13-15-22/h3,5-6,10-15,23H,2,4,7-9,16-19H2,1H3,(H,28,33). The Morgan fingerprint density at radius 3 is 2.50 bits per heavy atom. The number of amides is 1. The summed E-state index contributed by atoms with van der Waals surface area (Å²) in [6, 6.07) is 16.4. The number of nitrogens with zero attached hydrogens (tertiary/aromatic N) is 4. The molecule has 1 aliphatic rings. The highest BCUT2D eigenvalue weighted by atomic mass is 32.2. The molecule has 8 heteroatoms. The second kappa shape index (κ2) is 12.1. The van der Waals surface area contributed by atoms with Gasteiger partial charge in [-0.15, -0.1) is 10.2 Å². The van der Waals surface area contributed by atoms with Gasteiger partial charge in [-0.3, -0.25) is 14.3 Å². The first-order chi connectivity index (χ1) is 16.6. The summed E-state index contributed by atoms with van der Waals surface area (Å²) in [6.07, 6.45) is 5.50. The van der Waals surface area contributed by atoms with Crippen LogP contribution in [0.15, 0.2) is 59.8 Å². The molecule has 2 heterocycles. The zero-order valence-corrected chi connectivity index (χ0v) is 20.4. The van der Waals surface area contributed by atoms with E-state index >= 15 is 0 Å². The molecule has 1 saturated heterocycles.